The van der Waals surface area contributed by atoms with Crippen LogP contribution in [0.1, 0.15) is 113 Å². The Morgan fingerprint density at radius 3 is 2.39 bits per heavy atom. The molecule has 0 radical (unpaired) electrons. The average molecular weight is 531 g/mol. The summed E-state index contributed by atoms with van der Waals surface area (Å²) in [6.07, 6.45) is 9.67. The second-order valence-electron chi connectivity index (χ2n) is 14.8. The van der Waals surface area contributed by atoms with Crippen molar-refractivity contribution in [2.24, 2.45) is 34.5 Å². The number of piperidine rings is 1. The maximum Gasteiger partial charge on any atom is 0.410 e. The molecule has 1 heterocycles. The smallest absolute Gasteiger partial charge is 0.410 e. The van der Waals surface area contributed by atoms with Crippen LogP contribution < -0.4 is 5.32 Å². The molecule has 3 unspecified atom stereocenters. The van der Waals surface area contributed by atoms with Crippen molar-refractivity contribution in [3.63, 3.8) is 0 Å². The largest absolute Gasteiger partial charge is 0.444 e. The van der Waals surface area contributed by atoms with E-state index in [1.807, 2.05) is 20.8 Å². The molecule has 4 rings (SSSR count). The van der Waals surface area contributed by atoms with Crippen molar-refractivity contribution in [2.75, 3.05) is 19.6 Å². The van der Waals surface area contributed by atoms with Gasteiger partial charge in [-0.05, 0) is 120 Å². The van der Waals surface area contributed by atoms with Gasteiger partial charge in [-0.25, -0.2) is 4.79 Å². The Kier molecular flexibility index (Phi) is 8.62. The molecule has 0 bridgehead atoms. The van der Waals surface area contributed by atoms with E-state index in [9.17, 15) is 14.7 Å². The molecule has 1 aliphatic heterocycles. The summed E-state index contributed by atoms with van der Waals surface area (Å²) in [5.74, 6) is 2.41. The number of nitrogens with zero attached hydrogens (tertiary/aromatic N) is 1. The summed E-state index contributed by atoms with van der Waals surface area (Å²) in [6, 6.07) is 0. The van der Waals surface area contributed by atoms with Crippen LogP contribution in [0, 0.1) is 34.5 Å². The fraction of sp³-hybridized carbons (Fsp3) is 0.875. The summed E-state index contributed by atoms with van der Waals surface area (Å²) in [5, 5.41) is 14.0. The monoisotopic (exact) mass is 530 g/mol. The molecule has 6 nitrogen and oxygen atoms in total. The highest BCUT2D eigenvalue weighted by molar-refractivity contribution is 5.76. The van der Waals surface area contributed by atoms with Crippen LogP contribution in [0.15, 0.2) is 11.1 Å². The van der Waals surface area contributed by atoms with Crippen LogP contribution in [0.5, 0.6) is 0 Å². The van der Waals surface area contributed by atoms with E-state index >= 15 is 0 Å². The molecule has 0 aromatic heterocycles. The Hall–Kier alpha value is -1.56. The van der Waals surface area contributed by atoms with E-state index in [0.717, 1.165) is 38.5 Å². The molecule has 3 aliphatic carbocycles. The third kappa shape index (κ3) is 6.10. The number of likely N-dealkylation sites (tertiary alicyclic amines) is 1. The molecular formula is C32H54N2O4. The first kappa shape index (κ1) is 29.4. The number of hydrogen-bond acceptors (Lipinski definition) is 4. The molecule has 38 heavy (non-hydrogen) atoms. The van der Waals surface area contributed by atoms with Crippen LogP contribution in [0.2, 0.25) is 0 Å². The number of ether oxygens (including phenoxy) is 1. The third-order valence-electron chi connectivity index (χ3n) is 10.9. The first-order valence-electron chi connectivity index (χ1n) is 15.3. The molecule has 0 aromatic carbocycles. The van der Waals surface area contributed by atoms with Crippen molar-refractivity contribution in [1.82, 2.24) is 10.2 Å². The van der Waals surface area contributed by atoms with Crippen molar-refractivity contribution < 1.29 is 19.4 Å². The zero-order valence-corrected chi connectivity index (χ0v) is 25.2. The maximum absolute atomic E-state index is 12.9. The fourth-order valence-corrected chi connectivity index (χ4v) is 8.67. The molecule has 0 aromatic rings. The van der Waals surface area contributed by atoms with Crippen molar-refractivity contribution in [3.05, 3.63) is 11.1 Å². The molecular weight excluding hydrogens is 476 g/mol. The summed E-state index contributed by atoms with van der Waals surface area (Å²) < 4.78 is 5.50. The van der Waals surface area contributed by atoms with Crippen molar-refractivity contribution in [3.8, 4) is 0 Å². The molecule has 0 spiro atoms. The predicted molar refractivity (Wildman–Crippen MR) is 152 cm³/mol. The van der Waals surface area contributed by atoms with E-state index in [1.165, 1.54) is 24.8 Å². The summed E-state index contributed by atoms with van der Waals surface area (Å²) in [6.45, 7) is 17.2. The number of carbonyl (C=O) groups is 2. The van der Waals surface area contributed by atoms with Crippen molar-refractivity contribution in [1.29, 1.82) is 0 Å². The Labute approximate surface area is 231 Å². The van der Waals surface area contributed by atoms with E-state index in [-0.39, 0.29) is 28.9 Å². The summed E-state index contributed by atoms with van der Waals surface area (Å²) in [7, 11) is 0. The van der Waals surface area contributed by atoms with Gasteiger partial charge >= 0.3 is 6.09 Å². The quantitative estimate of drug-likeness (QED) is 0.399. The number of amides is 2. The minimum atomic E-state index is -0.472. The van der Waals surface area contributed by atoms with E-state index in [1.54, 1.807) is 10.5 Å². The van der Waals surface area contributed by atoms with Crippen LogP contribution >= 0.6 is 0 Å². The second-order valence-corrected chi connectivity index (χ2v) is 14.8. The maximum atomic E-state index is 12.9. The summed E-state index contributed by atoms with van der Waals surface area (Å²) in [5.41, 5.74) is 2.88. The normalized spacial score (nSPS) is 33.8. The summed E-state index contributed by atoms with van der Waals surface area (Å²) >= 11 is 0. The lowest BCUT2D eigenvalue weighted by Gasteiger charge is -2.62. The van der Waals surface area contributed by atoms with Gasteiger partial charge in [0.1, 0.15) is 5.60 Å². The van der Waals surface area contributed by atoms with Gasteiger partial charge < -0.3 is 20.1 Å². The predicted octanol–water partition coefficient (Wildman–Crippen LogP) is 6.47. The zero-order chi connectivity index (χ0) is 27.9. The molecule has 2 saturated carbocycles. The topological polar surface area (TPSA) is 78.9 Å². The molecule has 4 aliphatic rings. The molecule has 2 N–H and O–H groups in total. The first-order valence-corrected chi connectivity index (χ1v) is 15.3. The number of aliphatic hydroxyl groups excluding tert-OH is 1. The Morgan fingerprint density at radius 1 is 1.05 bits per heavy atom. The van der Waals surface area contributed by atoms with E-state index in [0.29, 0.717) is 49.7 Å². The van der Waals surface area contributed by atoms with Gasteiger partial charge in [0.15, 0.2) is 0 Å². The molecule has 216 valence electrons. The summed E-state index contributed by atoms with van der Waals surface area (Å²) in [4.78, 5) is 27.0. The molecule has 5 atom stereocenters. The zero-order valence-electron chi connectivity index (χ0n) is 25.2. The Morgan fingerprint density at radius 2 is 1.74 bits per heavy atom. The van der Waals surface area contributed by atoms with Crippen molar-refractivity contribution >= 4 is 12.0 Å². The highest BCUT2D eigenvalue weighted by Gasteiger charge is 2.58. The molecule has 3 fully saturated rings. The number of carbonyl (C=O) groups excluding carboxylic acids is 2. The van der Waals surface area contributed by atoms with E-state index in [2.05, 4.69) is 33.0 Å². The van der Waals surface area contributed by atoms with Gasteiger partial charge in [0.25, 0.3) is 0 Å². The number of hydrogen-bond donors (Lipinski definition) is 2. The second kappa shape index (κ2) is 11.1. The van der Waals surface area contributed by atoms with Gasteiger partial charge in [-0.1, -0.05) is 31.9 Å². The highest BCUT2D eigenvalue weighted by atomic mass is 16.6. The lowest BCUT2D eigenvalue weighted by atomic mass is 9.43. The van der Waals surface area contributed by atoms with Crippen molar-refractivity contribution in [2.45, 2.75) is 124 Å². The number of aliphatic hydroxyl groups is 1. The molecule has 1 saturated heterocycles. The number of rotatable bonds is 5. The fourth-order valence-electron chi connectivity index (χ4n) is 8.67. The highest BCUT2D eigenvalue weighted by Crippen LogP contribution is 2.64. The number of nitrogens with one attached hydrogen (secondary N) is 1. The van der Waals surface area contributed by atoms with Gasteiger partial charge in [-0.2, -0.15) is 0 Å². The van der Waals surface area contributed by atoms with Crippen LogP contribution in [0.25, 0.3) is 0 Å². The average Bonchev–Trinajstić information content (AvgIpc) is 2.84. The lowest BCUT2D eigenvalue weighted by molar-refractivity contribution is -0.149. The van der Waals surface area contributed by atoms with E-state index in [4.69, 9.17) is 4.74 Å². The van der Waals surface area contributed by atoms with Crippen LogP contribution in [0.3, 0.4) is 0 Å². The number of allylic oxidation sites excluding steroid dienone is 2. The Balaban J connectivity index is 1.26. The van der Waals surface area contributed by atoms with E-state index < -0.39 is 5.60 Å². The van der Waals surface area contributed by atoms with Crippen LogP contribution in [-0.4, -0.2) is 53.3 Å². The van der Waals surface area contributed by atoms with Crippen LogP contribution in [-0.2, 0) is 9.53 Å². The molecule has 6 heteroatoms. The number of fused-ring (bicyclic) bond motifs is 3. The minimum Gasteiger partial charge on any atom is -0.444 e. The van der Waals surface area contributed by atoms with Gasteiger partial charge in [-0.15, -0.1) is 0 Å². The standard InChI is InChI=1S/C32H54N2O4/c1-21-8-11-25-24(9-12-26-31(5,6)27(35)14-17-32(25,26)7)23(21)10-13-28(36)33-20-22-15-18-34(19-16-22)29(37)38-30(2,3)4/h22,24-27,35H,8-20H2,1-7H3,(H,33,36)/t24?,25?,26?,27-,32+/m0/s1. The lowest BCUT2D eigenvalue weighted by Crippen LogP contribution is -2.56. The molecule has 2 amide bonds. The van der Waals surface area contributed by atoms with Crippen LogP contribution in [0.4, 0.5) is 4.79 Å². The Bertz CT molecular complexity index is 911. The van der Waals surface area contributed by atoms with Gasteiger partial charge in [0.05, 0.1) is 6.10 Å². The van der Waals surface area contributed by atoms with Gasteiger partial charge in [0.2, 0.25) is 5.91 Å². The minimum absolute atomic E-state index is 0.0166. The van der Waals surface area contributed by atoms with Gasteiger partial charge in [0, 0.05) is 26.1 Å². The third-order valence-corrected chi connectivity index (χ3v) is 10.9. The SMILES string of the molecule is CC1=C(CCC(=O)NCC2CCN(C(=O)OC(C)(C)C)CC2)C2CCC3C(C)(C)[C@@H](O)CC[C@]3(C)C2CC1. The van der Waals surface area contributed by atoms with Gasteiger partial charge in [-0.3, -0.25) is 4.79 Å². The first-order chi connectivity index (χ1) is 17.7.